The number of hydrogen-bond donors (Lipinski definition) is 2. The van der Waals surface area contributed by atoms with Crippen molar-refractivity contribution < 1.29 is 4.39 Å². The Morgan fingerprint density at radius 3 is 2.63 bits per heavy atom. The van der Waals surface area contributed by atoms with Crippen molar-refractivity contribution in [3.05, 3.63) is 83.7 Å². The van der Waals surface area contributed by atoms with Gasteiger partial charge in [0.2, 0.25) is 0 Å². The lowest BCUT2D eigenvalue weighted by atomic mass is 10.1. The van der Waals surface area contributed by atoms with Gasteiger partial charge in [0.25, 0.3) is 0 Å². The second-order valence-corrected chi connectivity index (χ2v) is 6.09. The molecule has 1 heterocycles. The third kappa shape index (κ3) is 5.91. The lowest BCUT2D eigenvalue weighted by Gasteiger charge is -2.11. The van der Waals surface area contributed by atoms with Crippen molar-refractivity contribution in [2.45, 2.75) is 26.6 Å². The summed E-state index contributed by atoms with van der Waals surface area (Å²) in [5.74, 6) is 0.494. The summed E-state index contributed by atoms with van der Waals surface area (Å²) >= 11 is 0. The number of aliphatic imine (C=N–C) groups is 1. The first-order valence-corrected chi connectivity index (χ1v) is 8.90. The number of halogens is 1. The normalized spacial score (nSPS) is 11.4. The molecule has 0 aliphatic heterocycles. The molecule has 0 bridgehead atoms. The molecule has 27 heavy (non-hydrogen) atoms. The molecule has 3 aromatic rings. The molecule has 2 N–H and O–H groups in total. The Labute approximate surface area is 158 Å². The van der Waals surface area contributed by atoms with Gasteiger partial charge < -0.3 is 10.6 Å². The van der Waals surface area contributed by atoms with Gasteiger partial charge in [0, 0.05) is 13.1 Å². The summed E-state index contributed by atoms with van der Waals surface area (Å²) in [5.41, 5.74) is 3.26. The Morgan fingerprint density at radius 2 is 1.89 bits per heavy atom. The van der Waals surface area contributed by atoms with Gasteiger partial charge in [-0.15, -0.1) is 0 Å². The van der Waals surface area contributed by atoms with Gasteiger partial charge in [-0.3, -0.25) is 0 Å². The smallest absolute Gasteiger partial charge is 0.191 e. The average Bonchev–Trinajstić information content (AvgIpc) is 3.18. The predicted octanol–water partition coefficient (Wildman–Crippen LogP) is 2.72. The van der Waals surface area contributed by atoms with E-state index in [9.17, 15) is 4.39 Å². The molecule has 140 valence electrons. The molecule has 0 atom stereocenters. The van der Waals surface area contributed by atoms with E-state index in [0.29, 0.717) is 19.6 Å². The minimum Gasteiger partial charge on any atom is -0.357 e. The molecule has 0 saturated heterocycles. The van der Waals surface area contributed by atoms with E-state index in [1.165, 1.54) is 18.5 Å². The minimum atomic E-state index is -0.231. The van der Waals surface area contributed by atoms with Gasteiger partial charge in [-0.2, -0.15) is 5.10 Å². The lowest BCUT2D eigenvalue weighted by molar-refractivity contribution is 0.626. The van der Waals surface area contributed by atoms with Crippen LogP contribution in [0.5, 0.6) is 0 Å². The first kappa shape index (κ1) is 18.6. The second-order valence-electron chi connectivity index (χ2n) is 6.09. The van der Waals surface area contributed by atoms with Crippen LogP contribution >= 0.6 is 0 Å². The highest BCUT2D eigenvalue weighted by molar-refractivity contribution is 5.79. The summed E-state index contributed by atoms with van der Waals surface area (Å²) in [6, 6.07) is 14.7. The van der Waals surface area contributed by atoms with E-state index >= 15 is 0 Å². The van der Waals surface area contributed by atoms with E-state index < -0.39 is 0 Å². The van der Waals surface area contributed by atoms with E-state index in [4.69, 9.17) is 0 Å². The highest BCUT2D eigenvalue weighted by Crippen LogP contribution is 2.08. The SMILES string of the molecule is CCNC(=NCc1cccc(Cn2cncn2)c1)NCc1ccc(F)cc1. The molecule has 0 radical (unpaired) electrons. The fourth-order valence-electron chi connectivity index (χ4n) is 2.63. The second kappa shape index (κ2) is 9.47. The summed E-state index contributed by atoms with van der Waals surface area (Å²) in [6.07, 6.45) is 3.23. The fraction of sp³-hybridized carbons (Fsp3) is 0.250. The monoisotopic (exact) mass is 366 g/mol. The van der Waals surface area contributed by atoms with Gasteiger partial charge in [0.15, 0.2) is 5.96 Å². The number of benzene rings is 2. The average molecular weight is 366 g/mol. The van der Waals surface area contributed by atoms with E-state index in [0.717, 1.165) is 29.2 Å². The summed E-state index contributed by atoms with van der Waals surface area (Å²) < 4.78 is 14.8. The van der Waals surface area contributed by atoms with Crippen LogP contribution in [0.1, 0.15) is 23.6 Å². The maximum atomic E-state index is 13.0. The van der Waals surface area contributed by atoms with Crippen LogP contribution in [0.15, 0.2) is 66.2 Å². The van der Waals surface area contributed by atoms with Crippen molar-refractivity contribution in [2.24, 2.45) is 4.99 Å². The molecule has 0 amide bonds. The molecule has 0 spiro atoms. The maximum Gasteiger partial charge on any atom is 0.191 e. The number of rotatable bonds is 7. The number of hydrogen-bond acceptors (Lipinski definition) is 3. The molecule has 3 rings (SSSR count). The Bertz CT molecular complexity index is 858. The van der Waals surface area contributed by atoms with Crippen molar-refractivity contribution in [2.75, 3.05) is 6.54 Å². The van der Waals surface area contributed by atoms with Crippen molar-refractivity contribution in [3.63, 3.8) is 0 Å². The molecule has 0 saturated carbocycles. The number of guanidine groups is 1. The van der Waals surface area contributed by atoms with E-state index in [-0.39, 0.29) is 5.82 Å². The summed E-state index contributed by atoms with van der Waals surface area (Å²) in [6.45, 7) is 4.61. The van der Waals surface area contributed by atoms with Gasteiger partial charge >= 0.3 is 0 Å². The third-order valence-corrected chi connectivity index (χ3v) is 3.94. The van der Waals surface area contributed by atoms with E-state index in [2.05, 4.69) is 43.9 Å². The molecular formula is C20H23FN6. The number of nitrogens with zero attached hydrogens (tertiary/aromatic N) is 4. The first-order chi connectivity index (χ1) is 13.2. The molecule has 0 unspecified atom stereocenters. The summed E-state index contributed by atoms with van der Waals surface area (Å²) in [7, 11) is 0. The van der Waals surface area contributed by atoms with Crippen LogP contribution in [0.4, 0.5) is 4.39 Å². The topological polar surface area (TPSA) is 67.1 Å². The maximum absolute atomic E-state index is 13.0. The Kier molecular flexibility index (Phi) is 6.51. The van der Waals surface area contributed by atoms with Crippen LogP contribution in [0.3, 0.4) is 0 Å². The van der Waals surface area contributed by atoms with Crippen molar-refractivity contribution in [3.8, 4) is 0 Å². The number of nitrogens with one attached hydrogen (secondary N) is 2. The molecule has 0 fully saturated rings. The highest BCUT2D eigenvalue weighted by Gasteiger charge is 2.01. The molecular weight excluding hydrogens is 343 g/mol. The zero-order valence-corrected chi connectivity index (χ0v) is 15.3. The Morgan fingerprint density at radius 1 is 1.07 bits per heavy atom. The zero-order chi connectivity index (χ0) is 18.9. The minimum absolute atomic E-state index is 0.231. The quantitative estimate of drug-likeness (QED) is 0.498. The summed E-state index contributed by atoms with van der Waals surface area (Å²) in [5, 5.41) is 10.6. The van der Waals surface area contributed by atoms with Gasteiger partial charge in [-0.25, -0.2) is 19.0 Å². The molecule has 2 aromatic carbocycles. The van der Waals surface area contributed by atoms with Gasteiger partial charge in [-0.1, -0.05) is 36.4 Å². The predicted molar refractivity (Wildman–Crippen MR) is 104 cm³/mol. The van der Waals surface area contributed by atoms with Crippen LogP contribution in [-0.2, 0) is 19.6 Å². The third-order valence-electron chi connectivity index (χ3n) is 3.94. The van der Waals surface area contributed by atoms with Crippen LogP contribution in [0.2, 0.25) is 0 Å². The molecule has 0 aliphatic carbocycles. The van der Waals surface area contributed by atoms with Crippen molar-refractivity contribution in [1.29, 1.82) is 0 Å². The largest absolute Gasteiger partial charge is 0.357 e. The van der Waals surface area contributed by atoms with Crippen LogP contribution in [0.25, 0.3) is 0 Å². The fourth-order valence-corrected chi connectivity index (χ4v) is 2.63. The van der Waals surface area contributed by atoms with Crippen molar-refractivity contribution in [1.82, 2.24) is 25.4 Å². The Hall–Kier alpha value is -3.22. The standard InChI is InChI=1S/C20H23FN6/c1-2-23-20(24-11-16-6-8-19(21)9-7-16)25-12-17-4-3-5-18(10-17)13-27-15-22-14-26-27/h3-10,14-15H,2,11-13H2,1H3,(H2,23,24,25). The van der Waals surface area contributed by atoms with E-state index in [1.807, 2.05) is 13.0 Å². The van der Waals surface area contributed by atoms with Gasteiger partial charge in [0.05, 0.1) is 13.1 Å². The summed E-state index contributed by atoms with van der Waals surface area (Å²) in [4.78, 5) is 8.60. The Balaban J connectivity index is 1.61. The van der Waals surface area contributed by atoms with Crippen LogP contribution in [0, 0.1) is 5.82 Å². The van der Waals surface area contributed by atoms with Gasteiger partial charge in [0.1, 0.15) is 18.5 Å². The molecule has 7 heteroatoms. The van der Waals surface area contributed by atoms with Gasteiger partial charge in [-0.05, 0) is 35.7 Å². The van der Waals surface area contributed by atoms with E-state index in [1.54, 1.807) is 23.1 Å². The molecule has 0 aliphatic rings. The van der Waals surface area contributed by atoms with Crippen LogP contribution in [-0.4, -0.2) is 27.3 Å². The lowest BCUT2D eigenvalue weighted by Crippen LogP contribution is -2.36. The molecule has 1 aromatic heterocycles. The zero-order valence-electron chi connectivity index (χ0n) is 15.3. The van der Waals surface area contributed by atoms with Crippen LogP contribution < -0.4 is 10.6 Å². The van der Waals surface area contributed by atoms with Crippen molar-refractivity contribution >= 4 is 5.96 Å². The molecule has 6 nitrogen and oxygen atoms in total. The number of aromatic nitrogens is 3. The first-order valence-electron chi connectivity index (χ1n) is 8.90. The highest BCUT2D eigenvalue weighted by atomic mass is 19.1.